The first-order chi connectivity index (χ1) is 12.4. The highest BCUT2D eigenvalue weighted by Crippen LogP contribution is 2.25. The second-order valence-electron chi connectivity index (χ2n) is 5.38. The molecular weight excluding hydrogens is 340 g/mol. The van der Waals surface area contributed by atoms with Gasteiger partial charge in [0.15, 0.2) is 6.10 Å². The first kappa shape index (κ1) is 18.9. The Morgan fingerprint density at radius 1 is 1.12 bits per heavy atom. The summed E-state index contributed by atoms with van der Waals surface area (Å²) >= 11 is 0. The topological polar surface area (TPSA) is 108 Å². The van der Waals surface area contributed by atoms with Crippen LogP contribution in [0.15, 0.2) is 42.5 Å². The second-order valence-corrected chi connectivity index (χ2v) is 5.38. The Morgan fingerprint density at radius 3 is 2.27 bits per heavy atom. The van der Waals surface area contributed by atoms with Crippen molar-refractivity contribution in [1.29, 1.82) is 0 Å². The van der Waals surface area contributed by atoms with Gasteiger partial charge in [0.2, 0.25) is 5.78 Å². The van der Waals surface area contributed by atoms with Gasteiger partial charge >= 0.3 is 5.97 Å². The molecule has 0 bridgehead atoms. The number of hydrogen-bond acceptors (Lipinski definition) is 7. The molecule has 0 aliphatic rings. The molecule has 1 atom stereocenters. The molecule has 2 aromatic carbocycles. The van der Waals surface area contributed by atoms with Crippen LogP contribution in [0, 0.1) is 10.1 Å². The number of nitro benzene ring substituents is 1. The second kappa shape index (κ2) is 8.11. The number of benzene rings is 2. The van der Waals surface area contributed by atoms with Crippen molar-refractivity contribution < 1.29 is 24.0 Å². The molecule has 0 heterocycles. The number of ketones is 1. The number of methoxy groups -OCH3 is 1. The van der Waals surface area contributed by atoms with Crippen molar-refractivity contribution >= 4 is 23.1 Å². The highest BCUT2D eigenvalue weighted by atomic mass is 16.6. The number of anilines is 1. The molecule has 0 aliphatic carbocycles. The van der Waals surface area contributed by atoms with Crippen LogP contribution in [0.3, 0.4) is 0 Å². The molecule has 0 aliphatic heterocycles. The maximum absolute atomic E-state index is 12.4. The number of carbonyl (C=O) groups is 2. The molecule has 0 amide bonds. The van der Waals surface area contributed by atoms with E-state index >= 15 is 0 Å². The van der Waals surface area contributed by atoms with E-state index in [0.29, 0.717) is 11.3 Å². The number of nitrogens with zero attached hydrogens (tertiary/aromatic N) is 1. The monoisotopic (exact) mass is 358 g/mol. The standard InChI is InChI=1S/C18H18N2O6/c1-11(17(21)12-4-7-14(25-3)8-5-12)26-18(22)13-6-9-15(19-2)16(10-13)20(23)24/h4-11,19H,1-3H3/t11-/m0/s1. The zero-order valence-corrected chi connectivity index (χ0v) is 14.5. The third-order valence-corrected chi connectivity index (χ3v) is 3.73. The Balaban J connectivity index is 2.14. The summed E-state index contributed by atoms with van der Waals surface area (Å²) in [5.41, 5.74) is 0.373. The summed E-state index contributed by atoms with van der Waals surface area (Å²) in [6.45, 7) is 1.45. The maximum atomic E-state index is 12.4. The van der Waals surface area contributed by atoms with E-state index in [-0.39, 0.29) is 22.7 Å². The highest BCUT2D eigenvalue weighted by molar-refractivity contribution is 6.01. The first-order valence-corrected chi connectivity index (χ1v) is 7.72. The normalized spacial score (nSPS) is 11.3. The van der Waals surface area contributed by atoms with Crippen molar-refractivity contribution in [2.24, 2.45) is 0 Å². The lowest BCUT2D eigenvalue weighted by Crippen LogP contribution is -2.24. The van der Waals surface area contributed by atoms with Gasteiger partial charge in [0.25, 0.3) is 5.69 Å². The molecule has 0 aromatic heterocycles. The van der Waals surface area contributed by atoms with Crippen molar-refractivity contribution in [3.05, 3.63) is 63.7 Å². The SMILES string of the molecule is CNc1ccc(C(=O)O[C@@H](C)C(=O)c2ccc(OC)cc2)cc1[N+](=O)[O-]. The third-order valence-electron chi connectivity index (χ3n) is 3.73. The lowest BCUT2D eigenvalue weighted by atomic mass is 10.1. The Labute approximate surface area is 149 Å². The fourth-order valence-corrected chi connectivity index (χ4v) is 2.29. The van der Waals surface area contributed by atoms with E-state index in [4.69, 9.17) is 9.47 Å². The first-order valence-electron chi connectivity index (χ1n) is 7.72. The van der Waals surface area contributed by atoms with Crippen molar-refractivity contribution in [3.63, 3.8) is 0 Å². The molecule has 136 valence electrons. The Kier molecular flexibility index (Phi) is 5.90. The summed E-state index contributed by atoms with van der Waals surface area (Å²) in [4.78, 5) is 35.0. The molecule has 0 fully saturated rings. The van der Waals surface area contributed by atoms with Gasteiger partial charge in [-0.25, -0.2) is 4.79 Å². The number of esters is 1. The van der Waals surface area contributed by atoms with Crippen molar-refractivity contribution in [2.45, 2.75) is 13.0 Å². The van der Waals surface area contributed by atoms with Gasteiger partial charge in [-0.3, -0.25) is 14.9 Å². The molecule has 1 N–H and O–H groups in total. The van der Waals surface area contributed by atoms with Crippen LogP contribution in [-0.4, -0.2) is 36.9 Å². The van der Waals surface area contributed by atoms with Crippen LogP contribution in [0.4, 0.5) is 11.4 Å². The lowest BCUT2D eigenvalue weighted by molar-refractivity contribution is -0.384. The lowest BCUT2D eigenvalue weighted by Gasteiger charge is -2.13. The summed E-state index contributed by atoms with van der Waals surface area (Å²) in [6.07, 6.45) is -1.04. The van der Waals surface area contributed by atoms with Gasteiger partial charge in [0, 0.05) is 18.7 Å². The molecule has 0 spiro atoms. The summed E-state index contributed by atoms with van der Waals surface area (Å²) in [7, 11) is 3.05. The summed E-state index contributed by atoms with van der Waals surface area (Å²) < 4.78 is 10.2. The number of hydrogen-bond donors (Lipinski definition) is 1. The number of rotatable bonds is 7. The molecule has 2 aromatic rings. The van der Waals surface area contributed by atoms with Crippen molar-refractivity contribution in [3.8, 4) is 5.75 Å². The van der Waals surface area contributed by atoms with Crippen LogP contribution in [0.25, 0.3) is 0 Å². The number of carbonyl (C=O) groups excluding carboxylic acids is 2. The molecule has 0 saturated heterocycles. The van der Waals surface area contributed by atoms with Gasteiger partial charge in [-0.2, -0.15) is 0 Å². The third kappa shape index (κ3) is 4.15. The van der Waals surface area contributed by atoms with Crippen molar-refractivity contribution in [2.75, 3.05) is 19.5 Å². The van der Waals surface area contributed by atoms with E-state index in [9.17, 15) is 19.7 Å². The number of nitrogens with one attached hydrogen (secondary N) is 1. The van der Waals surface area contributed by atoms with Crippen LogP contribution in [-0.2, 0) is 4.74 Å². The van der Waals surface area contributed by atoms with Gasteiger partial charge < -0.3 is 14.8 Å². The van der Waals surface area contributed by atoms with Crippen LogP contribution in [0.5, 0.6) is 5.75 Å². The maximum Gasteiger partial charge on any atom is 0.339 e. The molecule has 2 rings (SSSR count). The summed E-state index contributed by atoms with van der Waals surface area (Å²) in [5.74, 6) is -0.601. The predicted molar refractivity (Wildman–Crippen MR) is 94.8 cm³/mol. The minimum atomic E-state index is -1.04. The molecular formula is C18H18N2O6. The van der Waals surface area contributed by atoms with Gasteiger partial charge in [-0.05, 0) is 43.3 Å². The number of nitro groups is 1. The number of ether oxygens (including phenoxy) is 2. The van der Waals surface area contributed by atoms with Crippen LogP contribution in [0.1, 0.15) is 27.6 Å². The average Bonchev–Trinajstić information content (AvgIpc) is 2.66. The fourth-order valence-electron chi connectivity index (χ4n) is 2.29. The molecule has 0 unspecified atom stereocenters. The minimum absolute atomic E-state index is 0.00918. The summed E-state index contributed by atoms with van der Waals surface area (Å²) in [6, 6.07) is 10.3. The number of Topliss-reactive ketones (excluding diaryl/α,β-unsaturated/α-hetero) is 1. The predicted octanol–water partition coefficient (Wildman–Crippen LogP) is 3.07. The zero-order chi connectivity index (χ0) is 19.3. The highest BCUT2D eigenvalue weighted by Gasteiger charge is 2.23. The van der Waals surface area contributed by atoms with Gasteiger partial charge in [-0.15, -0.1) is 0 Å². The van der Waals surface area contributed by atoms with Crippen molar-refractivity contribution in [1.82, 2.24) is 0 Å². The molecule has 8 heteroatoms. The fraction of sp³-hybridized carbons (Fsp3) is 0.222. The Bertz CT molecular complexity index is 832. The molecule has 0 saturated carbocycles. The molecule has 26 heavy (non-hydrogen) atoms. The van der Waals surface area contributed by atoms with E-state index in [1.807, 2.05) is 0 Å². The van der Waals surface area contributed by atoms with E-state index in [2.05, 4.69) is 5.32 Å². The summed E-state index contributed by atoms with van der Waals surface area (Å²) in [5, 5.41) is 13.7. The minimum Gasteiger partial charge on any atom is -0.497 e. The van der Waals surface area contributed by atoms with Crippen LogP contribution < -0.4 is 10.1 Å². The quantitative estimate of drug-likeness (QED) is 0.351. The van der Waals surface area contributed by atoms with Gasteiger partial charge in [0.1, 0.15) is 11.4 Å². The zero-order valence-electron chi connectivity index (χ0n) is 14.5. The van der Waals surface area contributed by atoms with E-state index in [1.165, 1.54) is 33.2 Å². The van der Waals surface area contributed by atoms with E-state index in [0.717, 1.165) is 6.07 Å². The van der Waals surface area contributed by atoms with Gasteiger partial charge in [-0.1, -0.05) is 0 Å². The van der Waals surface area contributed by atoms with Crippen LogP contribution in [0.2, 0.25) is 0 Å². The largest absolute Gasteiger partial charge is 0.497 e. The van der Waals surface area contributed by atoms with E-state index < -0.39 is 17.0 Å². The Morgan fingerprint density at radius 2 is 1.73 bits per heavy atom. The van der Waals surface area contributed by atoms with E-state index in [1.54, 1.807) is 24.3 Å². The average molecular weight is 358 g/mol. The van der Waals surface area contributed by atoms with Crippen LogP contribution >= 0.6 is 0 Å². The molecule has 0 radical (unpaired) electrons. The Hall–Kier alpha value is -3.42. The van der Waals surface area contributed by atoms with Gasteiger partial charge in [0.05, 0.1) is 17.6 Å². The smallest absolute Gasteiger partial charge is 0.339 e. The molecule has 8 nitrogen and oxygen atoms in total.